The highest BCUT2D eigenvalue weighted by molar-refractivity contribution is 5.86. The van der Waals surface area contributed by atoms with Gasteiger partial charge in [0, 0.05) is 28.2 Å². The van der Waals surface area contributed by atoms with Crippen LogP contribution in [-0.4, -0.2) is 28.7 Å². The predicted molar refractivity (Wildman–Crippen MR) is 208 cm³/mol. The first kappa shape index (κ1) is 30.0. The van der Waals surface area contributed by atoms with E-state index < -0.39 is 0 Å². The molecule has 0 saturated heterocycles. The number of fused-ring (bicyclic) bond motifs is 3. The molecule has 0 radical (unpaired) electrons. The standard InChI is InChI=1S/C32H22N4.C13H10N2/c1-3-14-25(15-4-1)35-29-20-9-7-18-27(29)33-31(35)23-12-11-13-24(22-23)32-34-28-19-8-10-21-30(28)36(32)26-16-5-2-6-17-26;1-2-6-11(7-3-1)15-10-14-12-8-4-5-9-13(12)15/h1-22H;1-10H. The molecule has 0 aliphatic rings. The zero-order chi connectivity index (χ0) is 34.0. The van der Waals surface area contributed by atoms with Crippen LogP contribution in [0.25, 0.3) is 72.9 Å². The molecule has 0 aliphatic carbocycles. The van der Waals surface area contributed by atoms with E-state index in [0.29, 0.717) is 0 Å². The van der Waals surface area contributed by atoms with Crippen LogP contribution < -0.4 is 0 Å². The molecular formula is C45H32N6. The number of rotatable bonds is 5. The molecule has 0 bridgehead atoms. The first-order valence-electron chi connectivity index (χ1n) is 17.0. The summed E-state index contributed by atoms with van der Waals surface area (Å²) in [7, 11) is 0. The van der Waals surface area contributed by atoms with Gasteiger partial charge in [-0.1, -0.05) is 109 Å². The number of para-hydroxylation sites is 9. The lowest BCUT2D eigenvalue weighted by Gasteiger charge is -2.12. The van der Waals surface area contributed by atoms with E-state index in [1.807, 2.05) is 67.0 Å². The van der Waals surface area contributed by atoms with Crippen LogP contribution in [-0.2, 0) is 0 Å². The van der Waals surface area contributed by atoms with Crippen LogP contribution in [0, 0.1) is 0 Å². The third-order valence-electron chi connectivity index (χ3n) is 9.02. The maximum atomic E-state index is 5.05. The molecule has 0 aliphatic heterocycles. The SMILES string of the molecule is c1ccc(-n2c(-c3cccc(-c4nc5ccccc5n4-c4ccccc4)c3)nc3ccccc32)cc1.c1ccc(-n2cnc3ccccc32)cc1. The maximum absolute atomic E-state index is 5.05. The van der Waals surface area contributed by atoms with Crippen LogP contribution in [0.5, 0.6) is 0 Å². The van der Waals surface area contributed by atoms with E-state index in [1.54, 1.807) is 0 Å². The van der Waals surface area contributed by atoms with E-state index in [2.05, 4.69) is 146 Å². The molecule has 7 aromatic carbocycles. The Bertz CT molecular complexity index is 2610. The number of aromatic nitrogens is 6. The van der Waals surface area contributed by atoms with Gasteiger partial charge in [0.25, 0.3) is 0 Å². The molecule has 51 heavy (non-hydrogen) atoms. The molecule has 3 aromatic heterocycles. The second kappa shape index (κ2) is 13.1. The quantitative estimate of drug-likeness (QED) is 0.185. The Balaban J connectivity index is 0.000000193. The van der Waals surface area contributed by atoms with E-state index in [4.69, 9.17) is 9.97 Å². The van der Waals surface area contributed by atoms with E-state index in [0.717, 1.165) is 72.9 Å². The highest BCUT2D eigenvalue weighted by atomic mass is 15.1. The first-order chi connectivity index (χ1) is 25.3. The summed E-state index contributed by atoms with van der Waals surface area (Å²) in [5, 5.41) is 0. The Hall–Kier alpha value is -7.05. The van der Waals surface area contributed by atoms with Crippen molar-refractivity contribution in [2.75, 3.05) is 0 Å². The van der Waals surface area contributed by atoms with Crippen molar-refractivity contribution in [3.8, 4) is 39.8 Å². The largest absolute Gasteiger partial charge is 0.299 e. The molecule has 0 N–H and O–H groups in total. The van der Waals surface area contributed by atoms with E-state index in [1.165, 1.54) is 0 Å². The summed E-state index contributed by atoms with van der Waals surface area (Å²) >= 11 is 0. The zero-order valence-corrected chi connectivity index (χ0v) is 27.7. The summed E-state index contributed by atoms with van der Waals surface area (Å²) in [5.41, 5.74) is 11.7. The Labute approximate surface area is 295 Å². The summed E-state index contributed by atoms with van der Waals surface area (Å²) < 4.78 is 6.55. The molecule has 0 amide bonds. The van der Waals surface area contributed by atoms with E-state index in [9.17, 15) is 0 Å². The van der Waals surface area contributed by atoms with Gasteiger partial charge in [-0.15, -0.1) is 0 Å². The van der Waals surface area contributed by atoms with Gasteiger partial charge >= 0.3 is 0 Å². The summed E-state index contributed by atoms with van der Waals surface area (Å²) in [6, 6.07) is 64.3. The number of hydrogen-bond acceptors (Lipinski definition) is 3. The Morgan fingerprint density at radius 3 is 1.25 bits per heavy atom. The van der Waals surface area contributed by atoms with Gasteiger partial charge in [0.2, 0.25) is 0 Å². The molecule has 10 rings (SSSR count). The van der Waals surface area contributed by atoms with Crippen LogP contribution in [0.2, 0.25) is 0 Å². The lowest BCUT2D eigenvalue weighted by Crippen LogP contribution is -1.99. The van der Waals surface area contributed by atoms with Crippen molar-refractivity contribution in [1.82, 2.24) is 28.7 Å². The first-order valence-corrected chi connectivity index (χ1v) is 17.0. The molecule has 6 heteroatoms. The third-order valence-corrected chi connectivity index (χ3v) is 9.02. The average molecular weight is 657 g/mol. The van der Waals surface area contributed by atoms with Crippen molar-refractivity contribution in [3.63, 3.8) is 0 Å². The van der Waals surface area contributed by atoms with Crippen LogP contribution in [0.3, 0.4) is 0 Å². The van der Waals surface area contributed by atoms with E-state index in [-0.39, 0.29) is 0 Å². The highest BCUT2D eigenvalue weighted by Crippen LogP contribution is 2.33. The van der Waals surface area contributed by atoms with Crippen molar-refractivity contribution in [1.29, 1.82) is 0 Å². The molecule has 0 unspecified atom stereocenters. The molecule has 242 valence electrons. The number of nitrogens with zero attached hydrogens (tertiary/aromatic N) is 6. The van der Waals surface area contributed by atoms with Gasteiger partial charge in [0.05, 0.1) is 33.1 Å². The van der Waals surface area contributed by atoms with Gasteiger partial charge in [0.1, 0.15) is 18.0 Å². The topological polar surface area (TPSA) is 53.5 Å². The molecular weight excluding hydrogens is 625 g/mol. The Kier molecular flexibility index (Phi) is 7.72. The van der Waals surface area contributed by atoms with Crippen molar-refractivity contribution in [2.45, 2.75) is 0 Å². The summed E-state index contributed by atoms with van der Waals surface area (Å²) in [6.07, 6.45) is 1.86. The van der Waals surface area contributed by atoms with Gasteiger partial charge in [-0.25, -0.2) is 15.0 Å². The van der Waals surface area contributed by atoms with Gasteiger partial charge in [0.15, 0.2) is 0 Å². The van der Waals surface area contributed by atoms with Gasteiger partial charge in [-0.05, 0) is 78.9 Å². The van der Waals surface area contributed by atoms with E-state index >= 15 is 0 Å². The highest BCUT2D eigenvalue weighted by Gasteiger charge is 2.18. The average Bonchev–Trinajstić information content (AvgIpc) is 3.93. The van der Waals surface area contributed by atoms with Crippen LogP contribution in [0.4, 0.5) is 0 Å². The summed E-state index contributed by atoms with van der Waals surface area (Å²) in [5.74, 6) is 1.82. The second-order valence-electron chi connectivity index (χ2n) is 12.2. The van der Waals surface area contributed by atoms with Gasteiger partial charge in [-0.2, -0.15) is 0 Å². The third kappa shape index (κ3) is 5.65. The predicted octanol–water partition coefficient (Wildman–Crippen LogP) is 10.7. The number of benzene rings is 7. The van der Waals surface area contributed by atoms with Crippen molar-refractivity contribution in [3.05, 3.63) is 194 Å². The summed E-state index contributed by atoms with van der Waals surface area (Å²) in [4.78, 5) is 14.5. The molecule has 6 nitrogen and oxygen atoms in total. The summed E-state index contributed by atoms with van der Waals surface area (Å²) in [6.45, 7) is 0. The van der Waals surface area contributed by atoms with Crippen molar-refractivity contribution >= 4 is 33.1 Å². The fourth-order valence-corrected chi connectivity index (χ4v) is 6.67. The zero-order valence-electron chi connectivity index (χ0n) is 27.7. The minimum atomic E-state index is 0.909. The molecule has 3 heterocycles. The Morgan fingerprint density at radius 1 is 0.333 bits per heavy atom. The lowest BCUT2D eigenvalue weighted by atomic mass is 10.1. The van der Waals surface area contributed by atoms with Crippen molar-refractivity contribution < 1.29 is 0 Å². The normalized spacial score (nSPS) is 11.1. The molecule has 0 saturated carbocycles. The molecule has 0 atom stereocenters. The fourth-order valence-electron chi connectivity index (χ4n) is 6.67. The van der Waals surface area contributed by atoms with Crippen molar-refractivity contribution in [2.24, 2.45) is 0 Å². The number of imidazole rings is 3. The minimum absolute atomic E-state index is 0.909. The van der Waals surface area contributed by atoms with Crippen LogP contribution >= 0.6 is 0 Å². The maximum Gasteiger partial charge on any atom is 0.145 e. The van der Waals surface area contributed by atoms with Gasteiger partial charge < -0.3 is 0 Å². The fraction of sp³-hybridized carbons (Fsp3) is 0. The minimum Gasteiger partial charge on any atom is -0.299 e. The smallest absolute Gasteiger partial charge is 0.145 e. The van der Waals surface area contributed by atoms with Crippen LogP contribution in [0.1, 0.15) is 0 Å². The molecule has 0 spiro atoms. The van der Waals surface area contributed by atoms with Crippen LogP contribution in [0.15, 0.2) is 194 Å². The second-order valence-corrected chi connectivity index (χ2v) is 12.2. The number of hydrogen-bond donors (Lipinski definition) is 0. The molecule has 10 aromatic rings. The lowest BCUT2D eigenvalue weighted by molar-refractivity contribution is 1.09. The van der Waals surface area contributed by atoms with Gasteiger partial charge in [-0.3, -0.25) is 13.7 Å². The Morgan fingerprint density at radius 2 is 0.745 bits per heavy atom. The monoisotopic (exact) mass is 656 g/mol. The molecule has 0 fully saturated rings.